The maximum Gasteiger partial charge on any atom is 0.156 e. The normalized spacial score (nSPS) is 48.5. The molecule has 2 nitrogen and oxygen atoms in total. The molecule has 13 heavy (non-hydrogen) atoms. The zero-order valence-corrected chi connectivity index (χ0v) is 8.24. The summed E-state index contributed by atoms with van der Waals surface area (Å²) in [5.74, 6) is 2.09. The molecular weight excluding hydrogens is 162 g/mol. The third-order valence-electron chi connectivity index (χ3n) is 4.31. The van der Waals surface area contributed by atoms with Gasteiger partial charge in [0.1, 0.15) is 13.1 Å². The Morgan fingerprint density at radius 3 is 3.15 bits per heavy atom. The lowest BCUT2D eigenvalue weighted by molar-refractivity contribution is -0.531. The van der Waals surface area contributed by atoms with E-state index in [0.717, 1.165) is 12.3 Å². The zero-order valence-electron chi connectivity index (χ0n) is 8.24. The number of hydrogen-bond acceptors (Lipinski definition) is 1. The van der Waals surface area contributed by atoms with Gasteiger partial charge in [-0.25, -0.2) is 4.58 Å². The zero-order chi connectivity index (χ0) is 9.00. The lowest BCUT2D eigenvalue weighted by atomic mass is 9.73. The van der Waals surface area contributed by atoms with E-state index in [4.69, 9.17) is 0 Å². The highest BCUT2D eigenvalue weighted by atomic mass is 16.3. The maximum atomic E-state index is 9.93. The Morgan fingerprint density at radius 2 is 2.31 bits per heavy atom. The van der Waals surface area contributed by atoms with Crippen molar-refractivity contribution >= 4 is 5.71 Å². The molecule has 2 bridgehead atoms. The van der Waals surface area contributed by atoms with Gasteiger partial charge in [-0.05, 0) is 6.42 Å². The van der Waals surface area contributed by atoms with E-state index in [1.165, 1.54) is 25.9 Å². The highest BCUT2D eigenvalue weighted by Crippen LogP contribution is 2.39. The van der Waals surface area contributed by atoms with Crippen molar-refractivity contribution in [2.45, 2.75) is 32.3 Å². The minimum Gasteiger partial charge on any atom is -0.393 e. The highest BCUT2D eigenvalue weighted by molar-refractivity contribution is 5.85. The van der Waals surface area contributed by atoms with Gasteiger partial charge >= 0.3 is 0 Å². The van der Waals surface area contributed by atoms with E-state index in [0.29, 0.717) is 11.8 Å². The second-order valence-corrected chi connectivity index (χ2v) is 5.08. The van der Waals surface area contributed by atoms with Crippen molar-refractivity contribution < 1.29 is 9.68 Å². The lowest BCUT2D eigenvalue weighted by Crippen LogP contribution is -2.41. The molecule has 0 spiro atoms. The van der Waals surface area contributed by atoms with Crippen molar-refractivity contribution in [1.82, 2.24) is 0 Å². The van der Waals surface area contributed by atoms with Gasteiger partial charge in [0.05, 0.1) is 12.0 Å². The first-order chi connectivity index (χ1) is 6.25. The van der Waals surface area contributed by atoms with Gasteiger partial charge in [0.25, 0.3) is 0 Å². The summed E-state index contributed by atoms with van der Waals surface area (Å²) in [7, 11) is 0. The Bertz CT molecular complexity index is 271. The highest BCUT2D eigenvalue weighted by Gasteiger charge is 2.48. The van der Waals surface area contributed by atoms with Gasteiger partial charge in [-0.15, -0.1) is 0 Å². The van der Waals surface area contributed by atoms with Gasteiger partial charge in [0, 0.05) is 24.7 Å². The molecule has 0 aromatic rings. The molecule has 1 saturated carbocycles. The van der Waals surface area contributed by atoms with Gasteiger partial charge in [-0.2, -0.15) is 0 Å². The molecule has 72 valence electrons. The summed E-state index contributed by atoms with van der Waals surface area (Å²) in [4.78, 5) is 0. The summed E-state index contributed by atoms with van der Waals surface area (Å²) >= 11 is 0. The number of fused-ring (bicyclic) bond motifs is 1. The fourth-order valence-corrected chi connectivity index (χ4v) is 3.51. The van der Waals surface area contributed by atoms with E-state index < -0.39 is 0 Å². The number of hydrogen-bond donors (Lipinski definition) is 1. The van der Waals surface area contributed by atoms with Gasteiger partial charge in [-0.3, -0.25) is 0 Å². The predicted octanol–water partition coefficient (Wildman–Crippen LogP) is 0.880. The monoisotopic (exact) mass is 180 g/mol. The molecule has 2 heterocycles. The van der Waals surface area contributed by atoms with Crippen LogP contribution in [0.2, 0.25) is 0 Å². The summed E-state index contributed by atoms with van der Waals surface area (Å²) in [6.07, 6.45) is 3.44. The summed E-state index contributed by atoms with van der Waals surface area (Å²) in [6.45, 7) is 4.79. The molecule has 0 radical (unpaired) electrons. The van der Waals surface area contributed by atoms with Gasteiger partial charge in [0.15, 0.2) is 5.71 Å². The number of nitrogens with zero attached hydrogens (tertiary/aromatic N) is 1. The Labute approximate surface area is 79.3 Å². The van der Waals surface area contributed by atoms with Crippen molar-refractivity contribution in [2.75, 3.05) is 13.1 Å². The molecule has 3 aliphatic rings. The van der Waals surface area contributed by atoms with Crippen LogP contribution < -0.4 is 0 Å². The first-order valence-corrected chi connectivity index (χ1v) is 5.54. The van der Waals surface area contributed by atoms with E-state index >= 15 is 0 Å². The predicted molar refractivity (Wildman–Crippen MR) is 51.0 cm³/mol. The Morgan fingerprint density at radius 1 is 1.46 bits per heavy atom. The smallest absolute Gasteiger partial charge is 0.156 e. The average molecular weight is 180 g/mol. The standard InChI is InChI=1S/C11H18NO/c1-7-6-12-3-2-8-4-10(12)9(7)5-11(8)13/h7-9,11,13H,2-6H2,1H3/q+1/t7-,8-,9+,11?/m0/s1. The molecule has 1 aliphatic carbocycles. The third-order valence-corrected chi connectivity index (χ3v) is 4.31. The van der Waals surface area contributed by atoms with E-state index in [1.807, 2.05) is 0 Å². The topological polar surface area (TPSA) is 23.2 Å². The summed E-state index contributed by atoms with van der Waals surface area (Å²) in [5, 5.41) is 9.93. The second-order valence-electron chi connectivity index (χ2n) is 5.08. The molecule has 3 rings (SSSR count). The Kier molecular flexibility index (Phi) is 1.58. The first-order valence-electron chi connectivity index (χ1n) is 5.54. The largest absolute Gasteiger partial charge is 0.393 e. The van der Waals surface area contributed by atoms with Gasteiger partial charge in [-0.1, -0.05) is 6.92 Å². The van der Waals surface area contributed by atoms with E-state index in [1.54, 1.807) is 5.71 Å². The summed E-state index contributed by atoms with van der Waals surface area (Å²) in [5.41, 5.74) is 1.68. The van der Waals surface area contributed by atoms with Crippen LogP contribution in [-0.4, -0.2) is 34.6 Å². The first kappa shape index (κ1) is 7.98. The van der Waals surface area contributed by atoms with Crippen LogP contribution in [0.4, 0.5) is 0 Å². The SMILES string of the molecule is C[C@H]1C[N+]2=C3C[C@H](CC2)C(O)C[C@@H]31. The fourth-order valence-electron chi connectivity index (χ4n) is 3.51. The number of aliphatic hydroxyl groups is 1. The van der Waals surface area contributed by atoms with Crippen molar-refractivity contribution in [1.29, 1.82) is 0 Å². The van der Waals surface area contributed by atoms with Crippen LogP contribution in [0, 0.1) is 17.8 Å². The van der Waals surface area contributed by atoms with Crippen LogP contribution in [0.5, 0.6) is 0 Å². The molecule has 0 amide bonds. The molecule has 0 aromatic carbocycles. The van der Waals surface area contributed by atoms with Crippen molar-refractivity contribution in [2.24, 2.45) is 17.8 Å². The van der Waals surface area contributed by atoms with Crippen LogP contribution >= 0.6 is 0 Å². The summed E-state index contributed by atoms with van der Waals surface area (Å²) in [6, 6.07) is 0. The molecule has 2 aliphatic heterocycles. The quantitative estimate of drug-likeness (QED) is 0.550. The molecule has 0 saturated heterocycles. The lowest BCUT2D eigenvalue weighted by Gasteiger charge is -2.32. The Hall–Kier alpha value is -0.370. The third kappa shape index (κ3) is 1.01. The van der Waals surface area contributed by atoms with Crippen molar-refractivity contribution in [3.8, 4) is 0 Å². The van der Waals surface area contributed by atoms with Crippen LogP contribution in [0.3, 0.4) is 0 Å². The number of aliphatic hydroxyl groups excluding tert-OH is 1. The van der Waals surface area contributed by atoms with Crippen LogP contribution in [0.15, 0.2) is 0 Å². The second kappa shape index (κ2) is 2.57. The van der Waals surface area contributed by atoms with E-state index in [2.05, 4.69) is 11.5 Å². The molecular formula is C11H18NO+. The van der Waals surface area contributed by atoms with Gasteiger partial charge in [0.2, 0.25) is 0 Å². The minimum atomic E-state index is -0.00329. The van der Waals surface area contributed by atoms with E-state index in [9.17, 15) is 5.11 Å². The van der Waals surface area contributed by atoms with Crippen LogP contribution in [-0.2, 0) is 0 Å². The fraction of sp³-hybridized carbons (Fsp3) is 0.909. The van der Waals surface area contributed by atoms with Gasteiger partial charge < -0.3 is 5.11 Å². The summed E-state index contributed by atoms with van der Waals surface area (Å²) < 4.78 is 2.58. The average Bonchev–Trinajstić information content (AvgIpc) is 2.45. The number of rotatable bonds is 0. The molecule has 1 fully saturated rings. The van der Waals surface area contributed by atoms with Crippen molar-refractivity contribution in [3.63, 3.8) is 0 Å². The molecule has 2 heteroatoms. The molecule has 4 atom stereocenters. The van der Waals surface area contributed by atoms with Crippen LogP contribution in [0.1, 0.15) is 26.2 Å². The minimum absolute atomic E-state index is 0.00329. The molecule has 1 N–H and O–H groups in total. The van der Waals surface area contributed by atoms with Crippen LogP contribution in [0.25, 0.3) is 0 Å². The molecule has 1 unspecified atom stereocenters. The Balaban J connectivity index is 1.98. The van der Waals surface area contributed by atoms with Crippen molar-refractivity contribution in [3.05, 3.63) is 0 Å². The molecule has 0 aromatic heterocycles. The maximum absolute atomic E-state index is 9.93. The van der Waals surface area contributed by atoms with E-state index in [-0.39, 0.29) is 6.10 Å².